The molecule has 0 atom stereocenters. The van der Waals surface area contributed by atoms with E-state index in [1.54, 1.807) is 7.11 Å². The maximum Gasteiger partial charge on any atom is 0.161 e. The lowest BCUT2D eigenvalue weighted by atomic mass is 10.1. The normalized spacial score (nSPS) is 10.9. The minimum absolute atomic E-state index is 0.729. The lowest BCUT2D eigenvalue weighted by Crippen LogP contribution is -2.19. The smallest absolute Gasteiger partial charge is 0.161 e. The summed E-state index contributed by atoms with van der Waals surface area (Å²) in [6, 6.07) is 6.25. The predicted octanol–water partition coefficient (Wildman–Crippen LogP) is 4.50. The summed E-state index contributed by atoms with van der Waals surface area (Å²) < 4.78 is 11.1. The molecule has 0 amide bonds. The number of rotatable bonds is 11. The van der Waals surface area contributed by atoms with E-state index in [4.69, 9.17) is 9.47 Å². The second-order valence-electron chi connectivity index (χ2n) is 5.63. The van der Waals surface area contributed by atoms with Crippen molar-refractivity contribution in [3.8, 4) is 11.5 Å². The van der Waals surface area contributed by atoms with Gasteiger partial charge in [0.1, 0.15) is 0 Å². The summed E-state index contributed by atoms with van der Waals surface area (Å²) in [4.78, 5) is 2.37. The molecule has 0 spiro atoms. The van der Waals surface area contributed by atoms with E-state index in [1.165, 1.54) is 31.2 Å². The van der Waals surface area contributed by atoms with Gasteiger partial charge >= 0.3 is 0 Å². The van der Waals surface area contributed by atoms with Crippen LogP contribution < -0.4 is 9.47 Å². The molecule has 0 saturated carbocycles. The van der Waals surface area contributed by atoms with Crippen LogP contribution in [0.5, 0.6) is 11.5 Å². The quantitative estimate of drug-likeness (QED) is 0.561. The van der Waals surface area contributed by atoms with Gasteiger partial charge in [0, 0.05) is 6.54 Å². The van der Waals surface area contributed by atoms with Gasteiger partial charge in [-0.05, 0) is 44.1 Å². The summed E-state index contributed by atoms with van der Waals surface area (Å²) in [5.74, 6) is 1.68. The Kier molecular flexibility index (Phi) is 8.91. The van der Waals surface area contributed by atoms with Gasteiger partial charge in [-0.1, -0.05) is 39.2 Å². The molecule has 0 N–H and O–H groups in total. The van der Waals surface area contributed by atoms with E-state index < -0.39 is 0 Å². The van der Waals surface area contributed by atoms with Crippen molar-refractivity contribution in [1.29, 1.82) is 0 Å². The first kappa shape index (κ1) is 17.8. The van der Waals surface area contributed by atoms with E-state index in [9.17, 15) is 0 Å². The Balaban J connectivity index is 2.51. The molecule has 3 heteroatoms. The van der Waals surface area contributed by atoms with E-state index in [0.717, 1.165) is 37.6 Å². The standard InChI is InChI=1S/C18H31NO2/c1-5-7-8-9-12-19(3)15-16-10-11-17(21-13-6-2)18(14-16)20-4/h10-11,14H,5-9,12-13,15H2,1-4H3. The van der Waals surface area contributed by atoms with Crippen LogP contribution in [0, 0.1) is 0 Å². The second kappa shape index (κ2) is 10.5. The van der Waals surface area contributed by atoms with Gasteiger partial charge in [0.25, 0.3) is 0 Å². The number of hydrogen-bond acceptors (Lipinski definition) is 3. The van der Waals surface area contributed by atoms with Gasteiger partial charge in [-0.15, -0.1) is 0 Å². The van der Waals surface area contributed by atoms with Crippen LogP contribution in [0.25, 0.3) is 0 Å². The minimum atomic E-state index is 0.729. The molecule has 0 saturated heterocycles. The SMILES string of the molecule is CCCCCCN(C)Cc1ccc(OCCC)c(OC)c1. The maximum atomic E-state index is 5.69. The van der Waals surface area contributed by atoms with Crippen LogP contribution in [0.4, 0.5) is 0 Å². The van der Waals surface area contributed by atoms with Crippen molar-refractivity contribution in [1.82, 2.24) is 4.90 Å². The zero-order chi connectivity index (χ0) is 15.5. The van der Waals surface area contributed by atoms with Crippen molar-refractivity contribution < 1.29 is 9.47 Å². The number of methoxy groups -OCH3 is 1. The number of benzene rings is 1. The first-order valence-corrected chi connectivity index (χ1v) is 8.19. The Labute approximate surface area is 130 Å². The van der Waals surface area contributed by atoms with Gasteiger partial charge in [-0.2, -0.15) is 0 Å². The van der Waals surface area contributed by atoms with Gasteiger partial charge in [-0.3, -0.25) is 0 Å². The topological polar surface area (TPSA) is 21.7 Å². The van der Waals surface area contributed by atoms with Crippen LogP contribution in [0.1, 0.15) is 51.5 Å². The van der Waals surface area contributed by atoms with Crippen molar-refractivity contribution in [3.05, 3.63) is 23.8 Å². The van der Waals surface area contributed by atoms with E-state index in [0.29, 0.717) is 0 Å². The molecular formula is C18H31NO2. The monoisotopic (exact) mass is 293 g/mol. The number of nitrogens with zero attached hydrogens (tertiary/aromatic N) is 1. The Morgan fingerprint density at radius 3 is 2.48 bits per heavy atom. The van der Waals surface area contributed by atoms with Crippen molar-refractivity contribution in [2.45, 2.75) is 52.5 Å². The highest BCUT2D eigenvalue weighted by molar-refractivity contribution is 5.42. The second-order valence-corrected chi connectivity index (χ2v) is 5.63. The summed E-state index contributed by atoms with van der Waals surface area (Å²) >= 11 is 0. The fraction of sp³-hybridized carbons (Fsp3) is 0.667. The zero-order valence-electron chi connectivity index (χ0n) is 14.2. The van der Waals surface area contributed by atoms with Crippen molar-refractivity contribution in [2.24, 2.45) is 0 Å². The van der Waals surface area contributed by atoms with Crippen molar-refractivity contribution >= 4 is 0 Å². The Bertz CT molecular complexity index is 393. The van der Waals surface area contributed by atoms with Crippen LogP contribution >= 0.6 is 0 Å². The molecule has 0 aromatic heterocycles. The average molecular weight is 293 g/mol. The third-order valence-electron chi connectivity index (χ3n) is 3.54. The molecule has 0 unspecified atom stereocenters. The summed E-state index contributed by atoms with van der Waals surface area (Å²) in [6.45, 7) is 7.19. The Morgan fingerprint density at radius 2 is 1.81 bits per heavy atom. The third kappa shape index (κ3) is 6.85. The maximum absolute atomic E-state index is 5.69. The molecule has 1 aromatic carbocycles. The first-order chi connectivity index (χ1) is 10.2. The van der Waals surface area contributed by atoms with Crippen LogP contribution in [-0.4, -0.2) is 32.2 Å². The van der Waals surface area contributed by atoms with Gasteiger partial charge in [-0.25, -0.2) is 0 Å². The zero-order valence-corrected chi connectivity index (χ0v) is 14.2. The van der Waals surface area contributed by atoms with Crippen molar-refractivity contribution in [3.63, 3.8) is 0 Å². The molecule has 21 heavy (non-hydrogen) atoms. The van der Waals surface area contributed by atoms with E-state index in [-0.39, 0.29) is 0 Å². The van der Waals surface area contributed by atoms with Crippen LogP contribution in [-0.2, 0) is 6.54 Å². The highest BCUT2D eigenvalue weighted by atomic mass is 16.5. The number of ether oxygens (including phenoxy) is 2. The molecule has 0 aliphatic heterocycles. The molecular weight excluding hydrogens is 262 g/mol. The first-order valence-electron chi connectivity index (χ1n) is 8.19. The molecule has 0 aliphatic rings. The van der Waals surface area contributed by atoms with Crippen LogP contribution in [0.2, 0.25) is 0 Å². The molecule has 0 heterocycles. The Morgan fingerprint density at radius 1 is 1.00 bits per heavy atom. The fourth-order valence-electron chi connectivity index (χ4n) is 2.34. The average Bonchev–Trinajstić information content (AvgIpc) is 2.50. The van der Waals surface area contributed by atoms with E-state index in [1.807, 2.05) is 6.07 Å². The number of unbranched alkanes of at least 4 members (excludes halogenated alkanes) is 3. The van der Waals surface area contributed by atoms with Gasteiger partial charge in [0.2, 0.25) is 0 Å². The molecule has 0 fully saturated rings. The number of hydrogen-bond donors (Lipinski definition) is 0. The lowest BCUT2D eigenvalue weighted by Gasteiger charge is -2.18. The molecule has 0 aliphatic carbocycles. The highest BCUT2D eigenvalue weighted by Gasteiger charge is 2.07. The predicted molar refractivity (Wildman–Crippen MR) is 89.3 cm³/mol. The molecule has 1 aromatic rings. The summed E-state index contributed by atoms with van der Waals surface area (Å²) in [5, 5.41) is 0. The van der Waals surface area contributed by atoms with Gasteiger partial charge in [0.15, 0.2) is 11.5 Å². The van der Waals surface area contributed by atoms with Crippen LogP contribution in [0.15, 0.2) is 18.2 Å². The van der Waals surface area contributed by atoms with Crippen molar-refractivity contribution in [2.75, 3.05) is 27.3 Å². The van der Waals surface area contributed by atoms with E-state index >= 15 is 0 Å². The van der Waals surface area contributed by atoms with Gasteiger partial charge in [0.05, 0.1) is 13.7 Å². The summed E-state index contributed by atoms with van der Waals surface area (Å²) in [7, 11) is 3.88. The molecule has 3 nitrogen and oxygen atoms in total. The largest absolute Gasteiger partial charge is 0.493 e. The molecule has 0 bridgehead atoms. The lowest BCUT2D eigenvalue weighted by molar-refractivity contribution is 0.292. The highest BCUT2D eigenvalue weighted by Crippen LogP contribution is 2.28. The molecule has 120 valence electrons. The summed E-state index contributed by atoms with van der Waals surface area (Å²) in [6.07, 6.45) is 6.24. The minimum Gasteiger partial charge on any atom is -0.493 e. The fourth-order valence-corrected chi connectivity index (χ4v) is 2.34. The van der Waals surface area contributed by atoms with Gasteiger partial charge < -0.3 is 14.4 Å². The molecule has 1 rings (SSSR count). The summed E-state index contributed by atoms with van der Waals surface area (Å²) in [5.41, 5.74) is 1.27. The van der Waals surface area contributed by atoms with E-state index in [2.05, 4.69) is 37.9 Å². The Hall–Kier alpha value is -1.22. The van der Waals surface area contributed by atoms with Crippen LogP contribution in [0.3, 0.4) is 0 Å². The third-order valence-corrected chi connectivity index (χ3v) is 3.54. The molecule has 0 radical (unpaired) electrons.